The van der Waals surface area contributed by atoms with Crippen LogP contribution in [-0.2, 0) is 4.74 Å². The maximum absolute atomic E-state index is 13.4. The highest BCUT2D eigenvalue weighted by atomic mass is 16.6. The Labute approximate surface area is 227 Å². The third-order valence-corrected chi connectivity index (χ3v) is 6.74. The lowest BCUT2D eigenvalue weighted by molar-refractivity contribution is 0.00567. The minimum Gasteiger partial charge on any atom is -0.444 e. The second-order valence-corrected chi connectivity index (χ2v) is 11.2. The molecule has 11 nitrogen and oxygen atoms in total. The van der Waals surface area contributed by atoms with Gasteiger partial charge in [-0.1, -0.05) is 0 Å². The van der Waals surface area contributed by atoms with Crippen LogP contribution in [0.3, 0.4) is 0 Å². The number of amides is 2. The minimum absolute atomic E-state index is 0.0764. The van der Waals surface area contributed by atoms with E-state index in [0.717, 1.165) is 28.1 Å². The number of piperazine rings is 1. The van der Waals surface area contributed by atoms with E-state index in [-0.39, 0.29) is 24.1 Å². The normalized spacial score (nSPS) is 18.0. The van der Waals surface area contributed by atoms with E-state index in [9.17, 15) is 9.59 Å². The van der Waals surface area contributed by atoms with Crippen molar-refractivity contribution in [3.05, 3.63) is 53.7 Å². The average Bonchev–Trinajstić information content (AvgIpc) is 3.22. The SMILES string of the molecule is Cc1cn2cc(NC(=O)c3ccc(N4C[C@@H](C)N(C(=O)OC(C)(C)C)[C@@H](C)C4)c4ccnnc34)nc(C)c2n1. The first-order valence-corrected chi connectivity index (χ1v) is 13.1. The molecule has 2 atom stereocenters. The van der Waals surface area contributed by atoms with E-state index >= 15 is 0 Å². The molecule has 1 N–H and O–H groups in total. The molecule has 0 bridgehead atoms. The number of nitrogens with one attached hydrogen (secondary N) is 1. The molecule has 0 radical (unpaired) electrons. The zero-order valence-electron chi connectivity index (χ0n) is 23.4. The molecule has 1 aliphatic rings. The fourth-order valence-corrected chi connectivity index (χ4v) is 5.24. The molecule has 1 fully saturated rings. The number of carbonyl (C=O) groups excluding carboxylic acids is 2. The van der Waals surface area contributed by atoms with Gasteiger partial charge in [0.25, 0.3) is 5.91 Å². The largest absolute Gasteiger partial charge is 0.444 e. The van der Waals surface area contributed by atoms with Crippen LogP contribution in [0.2, 0.25) is 0 Å². The van der Waals surface area contributed by atoms with Crippen molar-refractivity contribution in [3.8, 4) is 0 Å². The molecule has 1 saturated heterocycles. The van der Waals surface area contributed by atoms with E-state index in [0.29, 0.717) is 30.0 Å². The first-order chi connectivity index (χ1) is 18.4. The number of nitrogens with zero attached hydrogens (tertiary/aromatic N) is 7. The van der Waals surface area contributed by atoms with Crippen molar-refractivity contribution in [2.24, 2.45) is 0 Å². The summed E-state index contributed by atoms with van der Waals surface area (Å²) in [5, 5.41) is 12.1. The molecule has 204 valence electrons. The van der Waals surface area contributed by atoms with Gasteiger partial charge >= 0.3 is 6.09 Å². The molecule has 2 amide bonds. The molecule has 1 aliphatic heterocycles. The van der Waals surface area contributed by atoms with E-state index in [1.807, 2.05) is 71.2 Å². The summed E-state index contributed by atoms with van der Waals surface area (Å²) in [6.45, 7) is 14.6. The summed E-state index contributed by atoms with van der Waals surface area (Å²) in [7, 11) is 0. The Balaban J connectivity index is 1.42. The lowest BCUT2D eigenvalue weighted by atomic mass is 10.0. The Hall–Kier alpha value is -4.28. The monoisotopic (exact) mass is 530 g/mol. The Bertz CT molecular complexity index is 1560. The summed E-state index contributed by atoms with van der Waals surface area (Å²) in [4.78, 5) is 39.3. The number of carbonyl (C=O) groups is 2. The van der Waals surface area contributed by atoms with Gasteiger partial charge in [0.05, 0.1) is 41.4 Å². The number of hydrogen-bond acceptors (Lipinski definition) is 8. The van der Waals surface area contributed by atoms with Crippen LogP contribution in [0.15, 0.2) is 36.8 Å². The van der Waals surface area contributed by atoms with Gasteiger partial charge in [-0.3, -0.25) is 9.69 Å². The zero-order chi connectivity index (χ0) is 28.1. The summed E-state index contributed by atoms with van der Waals surface area (Å²) in [5.41, 5.74) is 3.61. The van der Waals surface area contributed by atoms with Gasteiger partial charge in [0.1, 0.15) is 16.9 Å². The van der Waals surface area contributed by atoms with E-state index in [2.05, 4.69) is 30.4 Å². The van der Waals surface area contributed by atoms with E-state index < -0.39 is 5.60 Å². The number of aryl methyl sites for hydroxylation is 2. The fourth-order valence-electron chi connectivity index (χ4n) is 5.24. The quantitative estimate of drug-likeness (QED) is 0.415. The summed E-state index contributed by atoms with van der Waals surface area (Å²) in [5.74, 6) is 0.0936. The predicted octanol–water partition coefficient (Wildman–Crippen LogP) is 4.38. The van der Waals surface area contributed by atoms with Crippen molar-refractivity contribution in [2.75, 3.05) is 23.3 Å². The van der Waals surface area contributed by atoms with Crippen molar-refractivity contribution < 1.29 is 14.3 Å². The lowest BCUT2D eigenvalue weighted by Crippen LogP contribution is -2.59. The first-order valence-electron chi connectivity index (χ1n) is 13.1. The number of imidazole rings is 1. The molecule has 0 spiro atoms. The smallest absolute Gasteiger partial charge is 0.410 e. The lowest BCUT2D eigenvalue weighted by Gasteiger charge is -2.45. The van der Waals surface area contributed by atoms with Gasteiger partial charge in [-0.15, -0.1) is 5.10 Å². The van der Waals surface area contributed by atoms with Gasteiger partial charge < -0.3 is 19.4 Å². The van der Waals surface area contributed by atoms with Crippen molar-refractivity contribution in [1.29, 1.82) is 0 Å². The Kier molecular flexibility index (Phi) is 6.61. The topological polar surface area (TPSA) is 118 Å². The summed E-state index contributed by atoms with van der Waals surface area (Å²) >= 11 is 0. The Morgan fingerprint density at radius 2 is 1.74 bits per heavy atom. The molecule has 4 aromatic rings. The highest BCUT2D eigenvalue weighted by Gasteiger charge is 2.36. The maximum atomic E-state index is 13.4. The van der Waals surface area contributed by atoms with Crippen molar-refractivity contribution in [2.45, 2.75) is 66.2 Å². The van der Waals surface area contributed by atoms with Gasteiger partial charge in [-0.2, -0.15) is 5.10 Å². The molecule has 11 heteroatoms. The molecule has 0 saturated carbocycles. The van der Waals surface area contributed by atoms with Gasteiger partial charge in [0.15, 0.2) is 5.65 Å². The third kappa shape index (κ3) is 5.21. The van der Waals surface area contributed by atoms with E-state index in [1.54, 1.807) is 23.4 Å². The molecular formula is C28H34N8O3. The Morgan fingerprint density at radius 1 is 1.03 bits per heavy atom. The van der Waals surface area contributed by atoms with Crippen molar-refractivity contribution in [3.63, 3.8) is 0 Å². The summed E-state index contributed by atoms with van der Waals surface area (Å²) < 4.78 is 7.50. The van der Waals surface area contributed by atoms with Crippen molar-refractivity contribution in [1.82, 2.24) is 29.5 Å². The standard InChI is InChI=1S/C28H34N8O3/c1-16-12-35-15-23(31-19(4)25(35)30-16)32-26(37)21-8-9-22(20-10-11-29-33-24(20)21)34-13-17(2)36(18(3)14-34)27(38)39-28(5,6)7/h8-12,15,17-18H,13-14H2,1-7H3,(H,32,37)/t17-,18+. The van der Waals surface area contributed by atoms with Crippen LogP contribution in [-0.4, -0.2) is 72.2 Å². The minimum atomic E-state index is -0.559. The maximum Gasteiger partial charge on any atom is 0.410 e. The first kappa shape index (κ1) is 26.3. The highest BCUT2D eigenvalue weighted by molar-refractivity contribution is 6.13. The van der Waals surface area contributed by atoms with Gasteiger partial charge in [-0.05, 0) is 66.7 Å². The molecule has 1 aromatic carbocycles. The van der Waals surface area contributed by atoms with Gasteiger partial charge in [-0.25, -0.2) is 14.8 Å². The van der Waals surface area contributed by atoms with Crippen LogP contribution >= 0.6 is 0 Å². The molecule has 39 heavy (non-hydrogen) atoms. The number of rotatable bonds is 3. The van der Waals surface area contributed by atoms with Crippen LogP contribution in [0.25, 0.3) is 16.6 Å². The van der Waals surface area contributed by atoms with Gasteiger partial charge in [0.2, 0.25) is 0 Å². The predicted molar refractivity (Wildman–Crippen MR) is 149 cm³/mol. The molecular weight excluding hydrogens is 496 g/mol. The number of aromatic nitrogens is 5. The number of benzene rings is 1. The van der Waals surface area contributed by atoms with Crippen LogP contribution in [0.1, 0.15) is 56.4 Å². The molecule has 4 heterocycles. The van der Waals surface area contributed by atoms with Crippen LogP contribution < -0.4 is 10.2 Å². The highest BCUT2D eigenvalue weighted by Crippen LogP contribution is 2.32. The zero-order valence-corrected chi connectivity index (χ0v) is 23.4. The van der Waals surface area contributed by atoms with E-state index in [4.69, 9.17) is 4.74 Å². The third-order valence-electron chi connectivity index (χ3n) is 6.74. The molecule has 0 unspecified atom stereocenters. The number of fused-ring (bicyclic) bond motifs is 2. The second-order valence-electron chi connectivity index (χ2n) is 11.2. The molecule has 3 aromatic heterocycles. The number of anilines is 2. The molecule has 5 rings (SSSR count). The van der Waals surface area contributed by atoms with E-state index in [1.165, 1.54) is 0 Å². The fraction of sp³-hybridized carbons (Fsp3) is 0.429. The summed E-state index contributed by atoms with van der Waals surface area (Å²) in [6.07, 6.45) is 4.95. The van der Waals surface area contributed by atoms with Gasteiger partial charge in [0, 0.05) is 30.4 Å². The Morgan fingerprint density at radius 3 is 2.44 bits per heavy atom. The van der Waals surface area contributed by atoms with Crippen LogP contribution in [0, 0.1) is 13.8 Å². The molecule has 0 aliphatic carbocycles. The number of hydrogen-bond donors (Lipinski definition) is 1. The second kappa shape index (κ2) is 9.79. The number of ether oxygens (including phenoxy) is 1. The summed E-state index contributed by atoms with van der Waals surface area (Å²) in [6, 6.07) is 5.42. The average molecular weight is 531 g/mol. The van der Waals surface area contributed by atoms with Crippen molar-refractivity contribution >= 4 is 40.1 Å². The van der Waals surface area contributed by atoms with Crippen LogP contribution in [0.5, 0.6) is 0 Å². The van der Waals surface area contributed by atoms with Crippen LogP contribution in [0.4, 0.5) is 16.3 Å².